The van der Waals surface area contributed by atoms with E-state index in [2.05, 4.69) is 42.5 Å². The highest BCUT2D eigenvalue weighted by Crippen LogP contribution is 2.56. The van der Waals surface area contributed by atoms with E-state index in [1.54, 1.807) is 0 Å². The molecule has 4 rings (SSSR count). The van der Waals surface area contributed by atoms with E-state index in [1.165, 1.54) is 12.0 Å². The van der Waals surface area contributed by atoms with Crippen molar-refractivity contribution in [1.29, 1.82) is 0 Å². The maximum atomic E-state index is 12.4. The van der Waals surface area contributed by atoms with E-state index >= 15 is 0 Å². The van der Waals surface area contributed by atoms with Crippen molar-refractivity contribution in [3.63, 3.8) is 0 Å². The highest BCUT2D eigenvalue weighted by atomic mass is 16.5. The lowest BCUT2D eigenvalue weighted by Gasteiger charge is -2.32. The molecule has 1 saturated carbocycles. The van der Waals surface area contributed by atoms with Crippen LogP contribution in [0.15, 0.2) is 72.8 Å². The average molecular weight is 332 g/mol. The summed E-state index contributed by atoms with van der Waals surface area (Å²) in [5, 5.41) is 0. The fourth-order valence-corrected chi connectivity index (χ4v) is 4.55. The van der Waals surface area contributed by atoms with Crippen molar-refractivity contribution >= 4 is 5.97 Å². The van der Waals surface area contributed by atoms with E-state index in [0.717, 1.165) is 18.4 Å². The van der Waals surface area contributed by atoms with Crippen molar-refractivity contribution < 1.29 is 9.53 Å². The Morgan fingerprint density at radius 1 is 1.00 bits per heavy atom. The van der Waals surface area contributed by atoms with Gasteiger partial charge in [0.05, 0.1) is 0 Å². The molecule has 2 aromatic rings. The van der Waals surface area contributed by atoms with E-state index in [4.69, 9.17) is 4.74 Å². The molecule has 2 bridgehead atoms. The van der Waals surface area contributed by atoms with Crippen molar-refractivity contribution in [1.82, 2.24) is 0 Å². The zero-order chi connectivity index (χ0) is 17.1. The van der Waals surface area contributed by atoms with Crippen LogP contribution in [0.5, 0.6) is 0 Å². The SMILES string of the molecule is O=C(CC1CC2C=CC1(Cc1ccccc1)C2)OCc1ccccc1. The molecule has 2 aliphatic carbocycles. The molecule has 0 saturated heterocycles. The lowest BCUT2D eigenvalue weighted by atomic mass is 9.72. The van der Waals surface area contributed by atoms with Crippen molar-refractivity contribution in [2.24, 2.45) is 17.3 Å². The number of hydrogen-bond donors (Lipinski definition) is 0. The van der Waals surface area contributed by atoms with Crippen LogP contribution < -0.4 is 0 Å². The molecule has 0 radical (unpaired) electrons. The largest absolute Gasteiger partial charge is 0.461 e. The monoisotopic (exact) mass is 332 g/mol. The summed E-state index contributed by atoms with van der Waals surface area (Å²) in [7, 11) is 0. The molecule has 0 heterocycles. The van der Waals surface area contributed by atoms with Crippen LogP contribution in [0.4, 0.5) is 0 Å². The van der Waals surface area contributed by atoms with Gasteiger partial charge in [-0.2, -0.15) is 0 Å². The van der Waals surface area contributed by atoms with Crippen LogP contribution in [0.2, 0.25) is 0 Å². The Bertz CT molecular complexity index is 750. The van der Waals surface area contributed by atoms with Crippen LogP contribution in [0.25, 0.3) is 0 Å². The second-order valence-electron chi connectivity index (χ2n) is 7.50. The first-order valence-electron chi connectivity index (χ1n) is 9.16. The summed E-state index contributed by atoms with van der Waals surface area (Å²) in [6.45, 7) is 0.372. The summed E-state index contributed by atoms with van der Waals surface area (Å²) in [6.07, 6.45) is 8.58. The molecule has 2 aromatic carbocycles. The van der Waals surface area contributed by atoms with E-state index < -0.39 is 0 Å². The third-order valence-corrected chi connectivity index (χ3v) is 5.77. The van der Waals surface area contributed by atoms with Crippen molar-refractivity contribution in [3.05, 3.63) is 83.9 Å². The van der Waals surface area contributed by atoms with Gasteiger partial charge in [0.2, 0.25) is 0 Å². The summed E-state index contributed by atoms with van der Waals surface area (Å²) >= 11 is 0. The molecular weight excluding hydrogens is 308 g/mol. The predicted octanol–water partition coefficient (Wildman–Crippen LogP) is 4.95. The minimum Gasteiger partial charge on any atom is -0.461 e. The minimum atomic E-state index is -0.0674. The number of rotatable bonds is 6. The maximum absolute atomic E-state index is 12.4. The molecule has 1 fully saturated rings. The van der Waals surface area contributed by atoms with E-state index in [-0.39, 0.29) is 11.4 Å². The first kappa shape index (κ1) is 16.1. The van der Waals surface area contributed by atoms with Gasteiger partial charge in [0.1, 0.15) is 6.61 Å². The quantitative estimate of drug-likeness (QED) is 0.553. The Balaban J connectivity index is 1.39. The Morgan fingerprint density at radius 2 is 1.68 bits per heavy atom. The standard InChI is InChI=1S/C23H24O2/c24-22(25-17-19-9-5-2-6-10-19)14-21-13-20-11-12-23(21,16-20)15-18-7-3-1-4-8-18/h1-12,20-21H,13-17H2. The molecule has 25 heavy (non-hydrogen) atoms. The topological polar surface area (TPSA) is 26.3 Å². The van der Waals surface area contributed by atoms with Crippen LogP contribution >= 0.6 is 0 Å². The number of allylic oxidation sites excluding steroid dienone is 2. The van der Waals surface area contributed by atoms with Crippen molar-refractivity contribution in [2.75, 3.05) is 0 Å². The van der Waals surface area contributed by atoms with Gasteiger partial charge in [-0.3, -0.25) is 4.79 Å². The Morgan fingerprint density at radius 3 is 2.36 bits per heavy atom. The highest BCUT2D eigenvalue weighted by molar-refractivity contribution is 5.70. The molecule has 2 aliphatic rings. The number of esters is 1. The second-order valence-corrected chi connectivity index (χ2v) is 7.50. The highest BCUT2D eigenvalue weighted by Gasteiger charge is 2.49. The Kier molecular flexibility index (Phi) is 4.44. The van der Waals surface area contributed by atoms with Gasteiger partial charge < -0.3 is 4.74 Å². The van der Waals surface area contributed by atoms with Crippen LogP contribution in [-0.4, -0.2) is 5.97 Å². The van der Waals surface area contributed by atoms with Crippen molar-refractivity contribution in [2.45, 2.75) is 32.3 Å². The van der Waals surface area contributed by atoms with Crippen LogP contribution in [0, 0.1) is 17.3 Å². The van der Waals surface area contributed by atoms with Gasteiger partial charge in [0, 0.05) is 6.42 Å². The number of carbonyl (C=O) groups is 1. The predicted molar refractivity (Wildman–Crippen MR) is 98.8 cm³/mol. The molecule has 3 unspecified atom stereocenters. The lowest BCUT2D eigenvalue weighted by Crippen LogP contribution is -2.28. The van der Waals surface area contributed by atoms with E-state index in [1.807, 2.05) is 30.3 Å². The number of hydrogen-bond acceptors (Lipinski definition) is 2. The molecule has 0 amide bonds. The second kappa shape index (κ2) is 6.87. The van der Waals surface area contributed by atoms with Gasteiger partial charge in [-0.25, -0.2) is 0 Å². The van der Waals surface area contributed by atoms with Gasteiger partial charge in [0.25, 0.3) is 0 Å². The number of benzene rings is 2. The van der Waals surface area contributed by atoms with E-state index in [0.29, 0.717) is 24.9 Å². The van der Waals surface area contributed by atoms with Crippen LogP contribution in [-0.2, 0) is 22.6 Å². The lowest BCUT2D eigenvalue weighted by molar-refractivity contribution is -0.146. The zero-order valence-corrected chi connectivity index (χ0v) is 14.4. The summed E-state index contributed by atoms with van der Waals surface area (Å²) in [5.74, 6) is 0.962. The third kappa shape index (κ3) is 3.53. The molecular formula is C23H24O2. The van der Waals surface area contributed by atoms with Gasteiger partial charge in [0.15, 0.2) is 0 Å². The first-order valence-corrected chi connectivity index (χ1v) is 9.16. The first-order chi connectivity index (χ1) is 12.2. The Labute approximate surface area is 149 Å². The molecule has 0 aliphatic heterocycles. The summed E-state index contributed by atoms with van der Waals surface area (Å²) < 4.78 is 5.53. The fourth-order valence-electron chi connectivity index (χ4n) is 4.55. The fraction of sp³-hybridized carbons (Fsp3) is 0.348. The molecule has 0 aromatic heterocycles. The third-order valence-electron chi connectivity index (χ3n) is 5.77. The maximum Gasteiger partial charge on any atom is 0.306 e. The van der Waals surface area contributed by atoms with Gasteiger partial charge >= 0.3 is 5.97 Å². The molecule has 128 valence electrons. The average Bonchev–Trinajstić information content (AvgIpc) is 3.19. The molecule has 0 spiro atoms. The molecule has 3 atom stereocenters. The number of carbonyl (C=O) groups excluding carboxylic acids is 1. The van der Waals surface area contributed by atoms with E-state index in [9.17, 15) is 4.79 Å². The zero-order valence-electron chi connectivity index (χ0n) is 14.4. The normalized spacial score (nSPS) is 26.7. The Hall–Kier alpha value is -2.35. The number of fused-ring (bicyclic) bond motifs is 2. The molecule has 0 N–H and O–H groups in total. The van der Waals surface area contributed by atoms with Gasteiger partial charge in [-0.1, -0.05) is 72.8 Å². The molecule has 2 heteroatoms. The van der Waals surface area contributed by atoms with Crippen molar-refractivity contribution in [3.8, 4) is 0 Å². The summed E-state index contributed by atoms with van der Waals surface area (Å²) in [5.41, 5.74) is 2.54. The van der Waals surface area contributed by atoms with Gasteiger partial charge in [-0.05, 0) is 47.6 Å². The minimum absolute atomic E-state index is 0.0674. The van der Waals surface area contributed by atoms with Gasteiger partial charge in [-0.15, -0.1) is 0 Å². The molecule has 2 nitrogen and oxygen atoms in total. The van der Waals surface area contributed by atoms with Crippen LogP contribution in [0.3, 0.4) is 0 Å². The number of ether oxygens (including phenoxy) is 1. The summed E-state index contributed by atoms with van der Waals surface area (Å²) in [6, 6.07) is 20.5. The summed E-state index contributed by atoms with van der Waals surface area (Å²) in [4.78, 5) is 12.4. The van der Waals surface area contributed by atoms with Crippen LogP contribution in [0.1, 0.15) is 30.4 Å². The smallest absolute Gasteiger partial charge is 0.306 e.